The molecule has 0 saturated carbocycles. The fourth-order valence-corrected chi connectivity index (χ4v) is 5.20. The van der Waals surface area contributed by atoms with Crippen molar-refractivity contribution in [2.24, 2.45) is 0 Å². The summed E-state index contributed by atoms with van der Waals surface area (Å²) in [7, 11) is -3.69. The number of fused-ring (bicyclic) bond motifs is 1. The number of ether oxygens (including phenoxy) is 1. The maximum absolute atomic E-state index is 13.0. The Morgan fingerprint density at radius 3 is 2.48 bits per heavy atom. The van der Waals surface area contributed by atoms with E-state index >= 15 is 0 Å². The van der Waals surface area contributed by atoms with Crippen LogP contribution in [0.5, 0.6) is 0 Å². The second-order valence-corrected chi connectivity index (χ2v) is 9.55. The molecule has 0 atom stereocenters. The van der Waals surface area contributed by atoms with E-state index in [0.29, 0.717) is 37.3 Å². The normalized spacial score (nSPS) is 15.0. The Morgan fingerprint density at radius 1 is 1.12 bits per heavy atom. The molecular formula is C22H27N5O5S. The van der Waals surface area contributed by atoms with Gasteiger partial charge in [-0.25, -0.2) is 8.42 Å². The number of para-hydroxylation sites is 1. The van der Waals surface area contributed by atoms with E-state index in [0.717, 1.165) is 34.5 Å². The Labute approximate surface area is 192 Å². The molecule has 1 aromatic heterocycles. The van der Waals surface area contributed by atoms with E-state index in [9.17, 15) is 13.2 Å². The van der Waals surface area contributed by atoms with E-state index in [-0.39, 0.29) is 17.4 Å². The van der Waals surface area contributed by atoms with Crippen LogP contribution < -0.4 is 10.2 Å². The molecular weight excluding hydrogens is 446 g/mol. The molecule has 0 radical (unpaired) electrons. The summed E-state index contributed by atoms with van der Waals surface area (Å²) >= 11 is 0. The summed E-state index contributed by atoms with van der Waals surface area (Å²) in [5.41, 5.74) is 3.72. The number of morpholine rings is 1. The summed E-state index contributed by atoms with van der Waals surface area (Å²) in [5, 5.41) is 10.8. The van der Waals surface area contributed by atoms with Crippen molar-refractivity contribution in [1.29, 1.82) is 0 Å². The lowest BCUT2D eigenvalue weighted by molar-refractivity contribution is -0.121. The third kappa shape index (κ3) is 4.85. The average molecular weight is 474 g/mol. The first-order valence-electron chi connectivity index (χ1n) is 10.9. The van der Waals surface area contributed by atoms with Crippen LogP contribution in [-0.4, -0.2) is 66.7 Å². The van der Waals surface area contributed by atoms with Crippen molar-refractivity contribution in [2.45, 2.75) is 31.6 Å². The van der Waals surface area contributed by atoms with Crippen molar-refractivity contribution in [3.8, 4) is 0 Å². The molecule has 0 spiro atoms. The van der Waals surface area contributed by atoms with Gasteiger partial charge in [-0.15, -0.1) is 5.10 Å². The summed E-state index contributed by atoms with van der Waals surface area (Å²) in [6.45, 7) is 5.08. The number of amides is 1. The van der Waals surface area contributed by atoms with E-state index < -0.39 is 10.0 Å². The third-order valence-electron chi connectivity index (χ3n) is 5.58. The molecule has 1 aliphatic rings. The first-order valence-corrected chi connectivity index (χ1v) is 12.3. The van der Waals surface area contributed by atoms with Gasteiger partial charge in [-0.3, -0.25) is 4.79 Å². The molecule has 1 saturated heterocycles. The van der Waals surface area contributed by atoms with Gasteiger partial charge in [0, 0.05) is 18.8 Å². The van der Waals surface area contributed by atoms with Gasteiger partial charge in [-0.05, 0) is 47.4 Å². The number of rotatable bonds is 8. The van der Waals surface area contributed by atoms with Gasteiger partial charge in [0.2, 0.25) is 10.0 Å². The maximum atomic E-state index is 13.0. The van der Waals surface area contributed by atoms with Gasteiger partial charge < -0.3 is 14.9 Å². The zero-order valence-electron chi connectivity index (χ0n) is 18.7. The monoisotopic (exact) mass is 473 g/mol. The molecule has 0 aliphatic carbocycles. The van der Waals surface area contributed by atoms with Crippen LogP contribution in [0.2, 0.25) is 0 Å². The van der Waals surface area contributed by atoms with Crippen molar-refractivity contribution in [1.82, 2.24) is 19.5 Å². The highest BCUT2D eigenvalue weighted by Gasteiger charge is 2.27. The number of carbonyl (C=O) groups excluding carboxylic acids is 1. The molecule has 1 aliphatic heterocycles. The molecule has 0 bridgehead atoms. The van der Waals surface area contributed by atoms with Gasteiger partial charge in [-0.1, -0.05) is 36.9 Å². The van der Waals surface area contributed by atoms with Crippen LogP contribution in [-0.2, 0) is 32.4 Å². The topological polar surface area (TPSA) is 116 Å². The fraction of sp³-hybridized carbons (Fsp3) is 0.409. The molecule has 0 unspecified atom stereocenters. The number of nitrogens with zero attached hydrogens (tertiary/aromatic N) is 4. The minimum Gasteiger partial charge on any atom is -0.385 e. The summed E-state index contributed by atoms with van der Waals surface area (Å²) < 4.78 is 32.6. The number of hydrogen-bond acceptors (Lipinski definition) is 7. The van der Waals surface area contributed by atoms with Gasteiger partial charge in [0.15, 0.2) is 6.61 Å². The predicted octanol–water partition coefficient (Wildman–Crippen LogP) is 1.64. The fourth-order valence-electron chi connectivity index (χ4n) is 3.77. The molecule has 10 nitrogen and oxygen atoms in total. The third-order valence-corrected chi connectivity index (χ3v) is 7.47. The molecule has 1 fully saturated rings. The highest BCUT2D eigenvalue weighted by Crippen LogP contribution is 2.23. The quantitative estimate of drug-likeness (QED) is 0.529. The van der Waals surface area contributed by atoms with Gasteiger partial charge in [0.05, 0.1) is 18.1 Å². The zero-order chi connectivity index (χ0) is 23.4. The number of aryl methyl sites for hydroxylation is 2. The van der Waals surface area contributed by atoms with Crippen LogP contribution in [0.3, 0.4) is 0 Å². The van der Waals surface area contributed by atoms with Gasteiger partial charge >= 0.3 is 0 Å². The van der Waals surface area contributed by atoms with E-state index in [2.05, 4.69) is 15.6 Å². The average Bonchev–Trinajstić information content (AvgIpc) is 3.25. The van der Waals surface area contributed by atoms with Gasteiger partial charge in [-0.2, -0.15) is 4.31 Å². The Balaban J connectivity index is 1.51. The SMILES string of the molecule is CCc1cccc(CC)c1NC(=O)COn1nnc2ccc(S(=O)(=O)N3CCOCC3)cc21. The van der Waals surface area contributed by atoms with Crippen molar-refractivity contribution >= 4 is 32.7 Å². The standard InChI is InChI=1S/C22H27N5O5S/c1-3-16-6-5-7-17(4-2)22(16)23-21(28)15-32-27-20-14-18(8-9-19(20)24-25-27)33(29,30)26-10-12-31-13-11-26/h5-9,14H,3-4,10-13,15H2,1-2H3,(H,23,28). The molecule has 11 heteroatoms. The molecule has 3 aromatic rings. The molecule has 1 N–H and O–H groups in total. The first-order chi connectivity index (χ1) is 15.9. The number of anilines is 1. The number of hydrogen-bond donors (Lipinski definition) is 1. The minimum atomic E-state index is -3.69. The first kappa shape index (κ1) is 23.1. The van der Waals surface area contributed by atoms with Crippen molar-refractivity contribution in [3.05, 3.63) is 47.5 Å². The smallest absolute Gasteiger partial charge is 0.265 e. The van der Waals surface area contributed by atoms with Crippen LogP contribution in [0, 0.1) is 0 Å². The largest absolute Gasteiger partial charge is 0.385 e. The predicted molar refractivity (Wildman–Crippen MR) is 122 cm³/mol. The van der Waals surface area contributed by atoms with Crippen molar-refractivity contribution in [3.63, 3.8) is 0 Å². The van der Waals surface area contributed by atoms with Crippen LogP contribution in [0.1, 0.15) is 25.0 Å². The van der Waals surface area contributed by atoms with E-state index in [1.807, 2.05) is 32.0 Å². The second-order valence-electron chi connectivity index (χ2n) is 7.61. The summed E-state index contributed by atoms with van der Waals surface area (Å²) in [5.74, 6) is -0.341. The number of aromatic nitrogens is 3. The number of nitrogens with one attached hydrogen (secondary N) is 1. The molecule has 2 heterocycles. The zero-order valence-corrected chi connectivity index (χ0v) is 19.5. The molecule has 4 rings (SSSR count). The molecule has 1 amide bonds. The Bertz CT molecular complexity index is 1230. The summed E-state index contributed by atoms with van der Waals surface area (Å²) in [6.07, 6.45) is 1.58. The number of sulfonamides is 1. The molecule has 33 heavy (non-hydrogen) atoms. The molecule has 176 valence electrons. The number of benzene rings is 2. The summed E-state index contributed by atoms with van der Waals surface area (Å²) in [6, 6.07) is 10.5. The highest BCUT2D eigenvalue weighted by molar-refractivity contribution is 7.89. The lowest BCUT2D eigenvalue weighted by Crippen LogP contribution is -2.40. The Hall–Kier alpha value is -3.02. The Morgan fingerprint density at radius 2 is 1.82 bits per heavy atom. The van der Waals surface area contributed by atoms with Gasteiger partial charge in [0.1, 0.15) is 11.0 Å². The minimum absolute atomic E-state index is 0.109. The Kier molecular flexibility index (Phi) is 6.91. The van der Waals surface area contributed by atoms with Crippen LogP contribution in [0.15, 0.2) is 41.3 Å². The summed E-state index contributed by atoms with van der Waals surface area (Å²) in [4.78, 5) is 19.3. The van der Waals surface area contributed by atoms with Gasteiger partial charge in [0.25, 0.3) is 5.91 Å². The van der Waals surface area contributed by atoms with Crippen LogP contribution in [0.4, 0.5) is 5.69 Å². The lowest BCUT2D eigenvalue weighted by Gasteiger charge is -2.26. The van der Waals surface area contributed by atoms with E-state index in [4.69, 9.17) is 9.57 Å². The van der Waals surface area contributed by atoms with E-state index in [1.54, 1.807) is 6.07 Å². The van der Waals surface area contributed by atoms with Crippen LogP contribution >= 0.6 is 0 Å². The number of carbonyl (C=O) groups is 1. The maximum Gasteiger partial charge on any atom is 0.265 e. The second kappa shape index (κ2) is 9.86. The van der Waals surface area contributed by atoms with Crippen LogP contribution in [0.25, 0.3) is 11.0 Å². The van der Waals surface area contributed by atoms with Crippen molar-refractivity contribution in [2.75, 3.05) is 38.2 Å². The highest BCUT2D eigenvalue weighted by atomic mass is 32.2. The van der Waals surface area contributed by atoms with Crippen molar-refractivity contribution < 1.29 is 22.8 Å². The lowest BCUT2D eigenvalue weighted by atomic mass is 10.0. The van der Waals surface area contributed by atoms with E-state index in [1.165, 1.54) is 16.4 Å². The molecule has 2 aromatic carbocycles.